The monoisotopic (exact) mass is 210 g/mol. The lowest BCUT2D eigenvalue weighted by Crippen LogP contribution is -2.43. The number of nitrogens with zero attached hydrogens (tertiary/aromatic N) is 2. The molecule has 0 saturated carbocycles. The predicted octanol–water partition coefficient (Wildman–Crippen LogP) is 0.993. The van der Waals surface area contributed by atoms with Gasteiger partial charge in [-0.05, 0) is 25.9 Å². The molecule has 0 spiro atoms. The zero-order valence-electron chi connectivity index (χ0n) is 9.74. The molecule has 0 aromatic rings. The number of piperidine rings is 1. The number of carbonyl (C=O) groups excluding carboxylic acids is 1. The van der Waals surface area contributed by atoms with Gasteiger partial charge in [0, 0.05) is 38.5 Å². The maximum Gasteiger partial charge on any atom is 0.138 e. The van der Waals surface area contributed by atoms with Crippen LogP contribution < -0.4 is 0 Å². The highest BCUT2D eigenvalue weighted by molar-refractivity contribution is 5.81. The Kier molecular flexibility index (Phi) is 3.76. The molecule has 2 heterocycles. The van der Waals surface area contributed by atoms with Gasteiger partial charge in [0.1, 0.15) is 5.78 Å². The quantitative estimate of drug-likeness (QED) is 0.694. The summed E-state index contributed by atoms with van der Waals surface area (Å²) in [6, 6.07) is 0. The first-order valence-electron chi connectivity index (χ1n) is 6.23. The fourth-order valence-electron chi connectivity index (χ4n) is 2.59. The molecule has 0 aromatic carbocycles. The van der Waals surface area contributed by atoms with Crippen molar-refractivity contribution in [3.8, 4) is 0 Å². The minimum atomic E-state index is 0.261. The SMILES string of the molecule is CC1CN(CCN2CCCC2)CCC1=O. The smallest absolute Gasteiger partial charge is 0.138 e. The molecule has 2 aliphatic heterocycles. The van der Waals surface area contributed by atoms with Crippen molar-refractivity contribution in [1.29, 1.82) is 0 Å². The molecule has 86 valence electrons. The topological polar surface area (TPSA) is 23.6 Å². The van der Waals surface area contributed by atoms with Crippen molar-refractivity contribution in [2.45, 2.75) is 26.2 Å². The summed E-state index contributed by atoms with van der Waals surface area (Å²) in [5.74, 6) is 0.713. The highest BCUT2D eigenvalue weighted by Crippen LogP contribution is 2.13. The Morgan fingerprint density at radius 3 is 2.47 bits per heavy atom. The van der Waals surface area contributed by atoms with Crippen molar-refractivity contribution < 1.29 is 4.79 Å². The summed E-state index contributed by atoms with van der Waals surface area (Å²) in [6.07, 6.45) is 3.50. The third-order valence-corrected chi connectivity index (χ3v) is 3.69. The summed E-state index contributed by atoms with van der Waals surface area (Å²) in [7, 11) is 0. The van der Waals surface area contributed by atoms with Gasteiger partial charge in [0.05, 0.1) is 0 Å². The number of rotatable bonds is 3. The Hall–Kier alpha value is -0.410. The number of Topliss-reactive ketones (excluding diaryl/α,β-unsaturated/α-hetero) is 1. The van der Waals surface area contributed by atoms with Crippen molar-refractivity contribution in [3.05, 3.63) is 0 Å². The predicted molar refractivity (Wildman–Crippen MR) is 60.9 cm³/mol. The van der Waals surface area contributed by atoms with E-state index in [-0.39, 0.29) is 5.92 Å². The number of hydrogen-bond donors (Lipinski definition) is 0. The Morgan fingerprint density at radius 2 is 1.80 bits per heavy atom. The molecule has 0 amide bonds. The van der Waals surface area contributed by atoms with Crippen LogP contribution in [0.15, 0.2) is 0 Å². The van der Waals surface area contributed by atoms with Gasteiger partial charge in [-0.25, -0.2) is 0 Å². The molecule has 3 nitrogen and oxygen atoms in total. The first-order valence-corrected chi connectivity index (χ1v) is 6.23. The molecular formula is C12H22N2O. The standard InChI is InChI=1S/C12H22N2O/c1-11-10-14(7-4-12(11)15)9-8-13-5-2-3-6-13/h11H,2-10H2,1H3. The third kappa shape index (κ3) is 3.02. The van der Waals surface area contributed by atoms with E-state index in [1.165, 1.54) is 32.5 Å². The summed E-state index contributed by atoms with van der Waals surface area (Å²) < 4.78 is 0. The summed E-state index contributed by atoms with van der Waals surface area (Å²) in [5, 5.41) is 0. The third-order valence-electron chi connectivity index (χ3n) is 3.69. The van der Waals surface area contributed by atoms with E-state index in [2.05, 4.69) is 16.7 Å². The first-order chi connectivity index (χ1) is 7.25. The minimum Gasteiger partial charge on any atom is -0.302 e. The Labute approximate surface area is 92.4 Å². The van der Waals surface area contributed by atoms with Crippen LogP contribution in [0.1, 0.15) is 26.2 Å². The number of carbonyl (C=O) groups is 1. The van der Waals surface area contributed by atoms with Crippen molar-refractivity contribution in [3.63, 3.8) is 0 Å². The Balaban J connectivity index is 1.68. The summed E-state index contributed by atoms with van der Waals surface area (Å²) in [6.45, 7) is 8.93. The Morgan fingerprint density at radius 1 is 1.13 bits per heavy atom. The molecule has 15 heavy (non-hydrogen) atoms. The molecule has 2 saturated heterocycles. The van der Waals surface area contributed by atoms with E-state index < -0.39 is 0 Å². The molecule has 0 aliphatic carbocycles. The minimum absolute atomic E-state index is 0.261. The van der Waals surface area contributed by atoms with Crippen LogP contribution in [0.2, 0.25) is 0 Å². The van der Waals surface area contributed by atoms with Gasteiger partial charge in [-0.1, -0.05) is 6.92 Å². The molecule has 0 N–H and O–H groups in total. The second-order valence-corrected chi connectivity index (χ2v) is 4.97. The van der Waals surface area contributed by atoms with Crippen molar-refractivity contribution in [2.24, 2.45) is 5.92 Å². The molecule has 0 radical (unpaired) electrons. The lowest BCUT2D eigenvalue weighted by atomic mass is 9.99. The van der Waals surface area contributed by atoms with E-state index in [0.717, 1.165) is 26.1 Å². The van der Waals surface area contributed by atoms with Gasteiger partial charge in [0.2, 0.25) is 0 Å². The molecule has 0 aromatic heterocycles. The molecule has 3 heteroatoms. The average Bonchev–Trinajstić information content (AvgIpc) is 2.73. The van der Waals surface area contributed by atoms with Crippen molar-refractivity contribution >= 4 is 5.78 Å². The van der Waals surface area contributed by atoms with Crippen LogP contribution in [0, 0.1) is 5.92 Å². The van der Waals surface area contributed by atoms with Gasteiger partial charge in [0.15, 0.2) is 0 Å². The fourth-order valence-corrected chi connectivity index (χ4v) is 2.59. The number of hydrogen-bond acceptors (Lipinski definition) is 3. The maximum absolute atomic E-state index is 11.4. The maximum atomic E-state index is 11.4. The van der Waals surface area contributed by atoms with Crippen LogP contribution >= 0.6 is 0 Å². The fraction of sp³-hybridized carbons (Fsp3) is 0.917. The van der Waals surface area contributed by atoms with Crippen molar-refractivity contribution in [1.82, 2.24) is 9.80 Å². The van der Waals surface area contributed by atoms with Gasteiger partial charge in [-0.3, -0.25) is 4.79 Å². The van der Waals surface area contributed by atoms with Crippen LogP contribution in [0.25, 0.3) is 0 Å². The van der Waals surface area contributed by atoms with Crippen molar-refractivity contribution in [2.75, 3.05) is 39.3 Å². The van der Waals surface area contributed by atoms with E-state index >= 15 is 0 Å². The van der Waals surface area contributed by atoms with E-state index in [1.807, 2.05) is 0 Å². The van der Waals surface area contributed by atoms with Crippen LogP contribution in [-0.2, 0) is 4.79 Å². The Bertz CT molecular complexity index is 224. The van der Waals surface area contributed by atoms with Crippen LogP contribution in [-0.4, -0.2) is 54.9 Å². The van der Waals surface area contributed by atoms with E-state index in [0.29, 0.717) is 5.78 Å². The molecule has 2 fully saturated rings. The lowest BCUT2D eigenvalue weighted by Gasteiger charge is -2.31. The number of likely N-dealkylation sites (tertiary alicyclic amines) is 2. The summed E-state index contributed by atoms with van der Waals surface area (Å²) >= 11 is 0. The summed E-state index contributed by atoms with van der Waals surface area (Å²) in [5.41, 5.74) is 0. The molecule has 1 atom stereocenters. The highest BCUT2D eigenvalue weighted by atomic mass is 16.1. The average molecular weight is 210 g/mol. The zero-order valence-corrected chi connectivity index (χ0v) is 9.74. The van der Waals surface area contributed by atoms with Gasteiger partial charge in [0.25, 0.3) is 0 Å². The zero-order chi connectivity index (χ0) is 10.7. The van der Waals surface area contributed by atoms with Gasteiger partial charge >= 0.3 is 0 Å². The highest BCUT2D eigenvalue weighted by Gasteiger charge is 2.23. The van der Waals surface area contributed by atoms with Gasteiger partial charge in [-0.2, -0.15) is 0 Å². The summed E-state index contributed by atoms with van der Waals surface area (Å²) in [4.78, 5) is 16.4. The lowest BCUT2D eigenvalue weighted by molar-refractivity contribution is -0.125. The van der Waals surface area contributed by atoms with E-state index in [1.54, 1.807) is 0 Å². The van der Waals surface area contributed by atoms with E-state index in [4.69, 9.17) is 0 Å². The second-order valence-electron chi connectivity index (χ2n) is 4.97. The molecule has 1 unspecified atom stereocenters. The number of ketones is 1. The van der Waals surface area contributed by atoms with Crippen LogP contribution in [0.4, 0.5) is 0 Å². The molecular weight excluding hydrogens is 188 g/mol. The normalized spacial score (nSPS) is 29.9. The molecule has 2 rings (SSSR count). The molecule has 0 bridgehead atoms. The second kappa shape index (κ2) is 5.08. The largest absolute Gasteiger partial charge is 0.302 e. The van der Waals surface area contributed by atoms with Crippen LogP contribution in [0.5, 0.6) is 0 Å². The van der Waals surface area contributed by atoms with Gasteiger partial charge < -0.3 is 9.80 Å². The van der Waals surface area contributed by atoms with Crippen LogP contribution in [0.3, 0.4) is 0 Å². The first kappa shape index (κ1) is 11.1. The van der Waals surface area contributed by atoms with E-state index in [9.17, 15) is 4.79 Å². The van der Waals surface area contributed by atoms with Gasteiger partial charge in [-0.15, -0.1) is 0 Å². The molecule has 2 aliphatic rings.